The van der Waals surface area contributed by atoms with Gasteiger partial charge in [-0.05, 0) is 49.1 Å². The zero-order valence-electron chi connectivity index (χ0n) is 11.6. The molecule has 0 N–H and O–H groups in total. The van der Waals surface area contributed by atoms with E-state index in [-0.39, 0.29) is 0 Å². The summed E-state index contributed by atoms with van der Waals surface area (Å²) in [6, 6.07) is 6.79. The molecular formula is C16H18ClN3. The Labute approximate surface area is 124 Å². The molecule has 3 rings (SSSR count). The Morgan fingerprint density at radius 3 is 3.05 bits per heavy atom. The summed E-state index contributed by atoms with van der Waals surface area (Å²) in [5.41, 5.74) is 3.58. The lowest BCUT2D eigenvalue weighted by Gasteiger charge is -2.24. The van der Waals surface area contributed by atoms with Gasteiger partial charge in [0.25, 0.3) is 0 Å². The number of aromatic nitrogens is 2. The molecule has 0 aromatic carbocycles. The minimum atomic E-state index is 0.472. The van der Waals surface area contributed by atoms with Crippen LogP contribution in [0.5, 0.6) is 0 Å². The first-order valence-electron chi connectivity index (χ1n) is 6.99. The lowest BCUT2D eigenvalue weighted by molar-refractivity contribution is 0.248. The summed E-state index contributed by atoms with van der Waals surface area (Å²) in [5, 5.41) is 0.596. The van der Waals surface area contributed by atoms with Crippen molar-refractivity contribution in [2.45, 2.75) is 32.4 Å². The van der Waals surface area contributed by atoms with Crippen molar-refractivity contribution >= 4 is 11.6 Å². The summed E-state index contributed by atoms with van der Waals surface area (Å²) in [4.78, 5) is 11.0. The molecule has 1 aliphatic heterocycles. The third-order valence-electron chi connectivity index (χ3n) is 3.89. The van der Waals surface area contributed by atoms with Gasteiger partial charge in [0.1, 0.15) is 5.15 Å². The van der Waals surface area contributed by atoms with Crippen LogP contribution in [0.15, 0.2) is 36.8 Å². The summed E-state index contributed by atoms with van der Waals surface area (Å²) in [6.45, 7) is 4.05. The van der Waals surface area contributed by atoms with Gasteiger partial charge in [0.15, 0.2) is 0 Å². The van der Waals surface area contributed by atoms with Crippen molar-refractivity contribution in [3.05, 3.63) is 58.6 Å². The molecule has 1 atom stereocenters. The molecule has 0 saturated carbocycles. The summed E-state index contributed by atoms with van der Waals surface area (Å²) < 4.78 is 0. The Morgan fingerprint density at radius 1 is 1.40 bits per heavy atom. The lowest BCUT2D eigenvalue weighted by Crippen LogP contribution is -2.23. The van der Waals surface area contributed by atoms with E-state index in [4.69, 9.17) is 11.6 Å². The fourth-order valence-corrected chi connectivity index (χ4v) is 3.01. The van der Waals surface area contributed by atoms with Gasteiger partial charge in [0, 0.05) is 31.2 Å². The number of nitrogens with zero attached hydrogens (tertiary/aromatic N) is 3. The lowest BCUT2D eigenvalue weighted by atomic mass is 10.1. The van der Waals surface area contributed by atoms with Gasteiger partial charge >= 0.3 is 0 Å². The van der Waals surface area contributed by atoms with Crippen molar-refractivity contribution in [1.82, 2.24) is 14.9 Å². The molecule has 20 heavy (non-hydrogen) atoms. The first-order valence-corrected chi connectivity index (χ1v) is 7.37. The van der Waals surface area contributed by atoms with Gasteiger partial charge in [-0.3, -0.25) is 9.88 Å². The molecule has 0 bridgehead atoms. The van der Waals surface area contributed by atoms with Gasteiger partial charge < -0.3 is 0 Å². The number of halogens is 1. The van der Waals surface area contributed by atoms with Crippen molar-refractivity contribution in [3.8, 4) is 0 Å². The van der Waals surface area contributed by atoms with Gasteiger partial charge in [-0.1, -0.05) is 23.7 Å². The van der Waals surface area contributed by atoms with Crippen LogP contribution >= 0.6 is 11.6 Å². The zero-order valence-corrected chi connectivity index (χ0v) is 12.3. The molecule has 2 aromatic rings. The molecular weight excluding hydrogens is 270 g/mol. The fourth-order valence-electron chi connectivity index (χ4n) is 2.90. The summed E-state index contributed by atoms with van der Waals surface area (Å²) in [7, 11) is 0. The van der Waals surface area contributed by atoms with Crippen LogP contribution in [-0.4, -0.2) is 21.4 Å². The van der Waals surface area contributed by atoms with Gasteiger partial charge in [-0.2, -0.15) is 0 Å². The minimum absolute atomic E-state index is 0.472. The van der Waals surface area contributed by atoms with Crippen LogP contribution in [0.3, 0.4) is 0 Å². The Balaban J connectivity index is 1.77. The Bertz CT molecular complexity index is 586. The summed E-state index contributed by atoms with van der Waals surface area (Å²) in [6.07, 6.45) is 8.13. The third-order valence-corrected chi connectivity index (χ3v) is 4.29. The first kappa shape index (κ1) is 13.5. The zero-order chi connectivity index (χ0) is 13.9. The highest BCUT2D eigenvalue weighted by Crippen LogP contribution is 2.32. The molecule has 3 nitrogen and oxygen atoms in total. The maximum absolute atomic E-state index is 5.99. The quantitative estimate of drug-likeness (QED) is 0.805. The van der Waals surface area contributed by atoms with E-state index in [1.807, 2.05) is 31.6 Å². The minimum Gasteiger partial charge on any atom is -0.292 e. The monoisotopic (exact) mass is 287 g/mol. The van der Waals surface area contributed by atoms with Crippen LogP contribution in [0.25, 0.3) is 0 Å². The van der Waals surface area contributed by atoms with Crippen LogP contribution < -0.4 is 0 Å². The fraction of sp³-hybridized carbons (Fsp3) is 0.375. The first-order chi connectivity index (χ1) is 9.74. The highest BCUT2D eigenvalue weighted by atomic mass is 35.5. The van der Waals surface area contributed by atoms with E-state index >= 15 is 0 Å². The van der Waals surface area contributed by atoms with E-state index in [2.05, 4.69) is 27.0 Å². The molecule has 3 heterocycles. The van der Waals surface area contributed by atoms with Crippen molar-refractivity contribution in [2.75, 3.05) is 6.54 Å². The van der Waals surface area contributed by atoms with Crippen molar-refractivity contribution in [1.29, 1.82) is 0 Å². The summed E-state index contributed by atoms with van der Waals surface area (Å²) in [5.74, 6) is 0. The van der Waals surface area contributed by atoms with E-state index in [1.54, 1.807) is 0 Å². The van der Waals surface area contributed by atoms with Crippen LogP contribution in [0.1, 0.15) is 35.6 Å². The number of hydrogen-bond donors (Lipinski definition) is 0. The van der Waals surface area contributed by atoms with E-state index < -0.39 is 0 Å². The van der Waals surface area contributed by atoms with Crippen LogP contribution in [0, 0.1) is 6.92 Å². The third kappa shape index (κ3) is 2.84. The van der Waals surface area contributed by atoms with Crippen LogP contribution in [0.2, 0.25) is 5.15 Å². The van der Waals surface area contributed by atoms with Crippen LogP contribution in [0.4, 0.5) is 0 Å². The predicted molar refractivity (Wildman–Crippen MR) is 80.6 cm³/mol. The average Bonchev–Trinajstić information content (AvgIpc) is 2.92. The van der Waals surface area contributed by atoms with Gasteiger partial charge in [-0.15, -0.1) is 0 Å². The molecule has 1 unspecified atom stereocenters. The molecule has 0 aliphatic carbocycles. The normalized spacial score (nSPS) is 19.4. The number of pyridine rings is 2. The smallest absolute Gasteiger partial charge is 0.131 e. The standard InChI is InChI=1S/C16H18ClN3/c1-12-8-13(9-19-16(12)17)11-20-7-3-5-15(20)14-4-2-6-18-10-14/h2,4,6,8-10,15H,3,5,7,11H2,1H3. The highest BCUT2D eigenvalue weighted by Gasteiger charge is 2.26. The second-order valence-corrected chi connectivity index (χ2v) is 5.72. The maximum Gasteiger partial charge on any atom is 0.131 e. The van der Waals surface area contributed by atoms with E-state index in [9.17, 15) is 0 Å². The second-order valence-electron chi connectivity index (χ2n) is 5.37. The second kappa shape index (κ2) is 5.90. The number of hydrogen-bond acceptors (Lipinski definition) is 3. The molecule has 4 heteroatoms. The molecule has 0 amide bonds. The van der Waals surface area contributed by atoms with E-state index in [0.717, 1.165) is 18.7 Å². The van der Waals surface area contributed by atoms with Crippen molar-refractivity contribution in [2.24, 2.45) is 0 Å². The van der Waals surface area contributed by atoms with Crippen molar-refractivity contribution in [3.63, 3.8) is 0 Å². The predicted octanol–water partition coefficient (Wildman–Crippen LogP) is 3.78. The molecule has 1 saturated heterocycles. The largest absolute Gasteiger partial charge is 0.292 e. The number of likely N-dealkylation sites (tertiary alicyclic amines) is 1. The Kier molecular flexibility index (Phi) is 3.99. The average molecular weight is 288 g/mol. The molecule has 1 fully saturated rings. The molecule has 104 valence electrons. The SMILES string of the molecule is Cc1cc(CN2CCCC2c2cccnc2)cnc1Cl. The molecule has 2 aromatic heterocycles. The van der Waals surface area contributed by atoms with Gasteiger partial charge in [0.05, 0.1) is 0 Å². The molecule has 1 aliphatic rings. The number of aryl methyl sites for hydroxylation is 1. The highest BCUT2D eigenvalue weighted by molar-refractivity contribution is 6.30. The summed E-state index contributed by atoms with van der Waals surface area (Å²) >= 11 is 5.99. The topological polar surface area (TPSA) is 29.0 Å². The molecule has 0 radical (unpaired) electrons. The molecule has 0 spiro atoms. The van der Waals surface area contributed by atoms with E-state index in [1.165, 1.54) is 24.0 Å². The van der Waals surface area contributed by atoms with Gasteiger partial charge in [-0.25, -0.2) is 4.98 Å². The Morgan fingerprint density at radius 2 is 2.30 bits per heavy atom. The van der Waals surface area contributed by atoms with E-state index in [0.29, 0.717) is 11.2 Å². The number of rotatable bonds is 3. The van der Waals surface area contributed by atoms with Crippen LogP contribution in [-0.2, 0) is 6.54 Å². The van der Waals surface area contributed by atoms with Crippen molar-refractivity contribution < 1.29 is 0 Å². The Hall–Kier alpha value is -1.45. The van der Waals surface area contributed by atoms with Gasteiger partial charge in [0.2, 0.25) is 0 Å². The maximum atomic E-state index is 5.99.